The molecule has 3 N–H and O–H groups in total. The number of fused-ring (bicyclic) bond motifs is 1. The first-order valence-corrected chi connectivity index (χ1v) is 11.5. The molecule has 184 valence electrons. The van der Waals surface area contributed by atoms with Crippen molar-refractivity contribution in [3.05, 3.63) is 77.4 Å². The number of amidine groups is 1. The number of rotatable bonds is 4. The number of thioether (sulfide) groups is 1. The zero-order valence-corrected chi connectivity index (χ0v) is 20.2. The molecule has 3 aromatic rings. The number of carbonyl (C=O) groups is 1. The van der Waals surface area contributed by atoms with Gasteiger partial charge in [-0.25, -0.2) is 28.7 Å². The number of nitrogens with zero attached hydrogens (tertiary/aromatic N) is 6. The fourth-order valence-electron chi connectivity index (χ4n) is 4.34. The molecule has 0 saturated carbocycles. The molecule has 1 saturated heterocycles. The van der Waals surface area contributed by atoms with Gasteiger partial charge in [0.15, 0.2) is 11.0 Å². The van der Waals surface area contributed by atoms with Crippen LogP contribution >= 0.6 is 24.2 Å². The number of halogens is 3. The Morgan fingerprint density at radius 1 is 1.19 bits per heavy atom. The Bertz CT molecular complexity index is 1370. The average molecular weight is 529 g/mol. The number of carbonyl (C=O) groups excluding carboxylic acids is 1. The summed E-state index contributed by atoms with van der Waals surface area (Å²) in [5.41, 5.74) is 6.12. The molecule has 1 fully saturated rings. The van der Waals surface area contributed by atoms with Gasteiger partial charge in [0.1, 0.15) is 23.1 Å². The molecule has 2 aliphatic rings. The van der Waals surface area contributed by atoms with E-state index in [4.69, 9.17) is 11.0 Å². The summed E-state index contributed by atoms with van der Waals surface area (Å²) in [4.78, 5) is 31.3. The first-order chi connectivity index (χ1) is 16.9. The molecule has 0 radical (unpaired) electrons. The molecule has 0 spiro atoms. The number of amides is 1. The van der Waals surface area contributed by atoms with E-state index in [9.17, 15) is 9.18 Å². The van der Waals surface area contributed by atoms with Crippen molar-refractivity contribution < 1.29 is 13.6 Å². The summed E-state index contributed by atoms with van der Waals surface area (Å²) in [5, 5.41) is 12.0. The van der Waals surface area contributed by atoms with Crippen molar-refractivity contribution in [2.75, 3.05) is 29.1 Å². The quantitative estimate of drug-likeness (QED) is 0.528. The molecule has 0 bridgehead atoms. The number of nitriles is 1. The van der Waals surface area contributed by atoms with Gasteiger partial charge < -0.3 is 16.0 Å². The van der Waals surface area contributed by atoms with E-state index in [0.717, 1.165) is 12.4 Å². The zero-order chi connectivity index (χ0) is 24.6. The molecule has 5 rings (SSSR count). The molecule has 2 aliphatic heterocycles. The number of hydrogen-bond donors (Lipinski definition) is 2. The molecule has 13 heteroatoms. The number of nitrogens with one attached hydrogen (secondary N) is 1. The van der Waals surface area contributed by atoms with Crippen LogP contribution in [0.5, 0.6) is 0 Å². The van der Waals surface area contributed by atoms with Crippen LogP contribution in [-0.4, -0.2) is 44.9 Å². The van der Waals surface area contributed by atoms with Crippen LogP contribution < -0.4 is 16.0 Å². The number of nitrogens with two attached hydrogens (primary N) is 1. The summed E-state index contributed by atoms with van der Waals surface area (Å²) in [7, 11) is 0. The molecule has 1 unspecified atom stereocenters. The monoisotopic (exact) mass is 528 g/mol. The third-order valence-corrected chi connectivity index (χ3v) is 6.95. The van der Waals surface area contributed by atoms with Crippen LogP contribution in [-0.2, 0) is 5.54 Å². The number of hydrogen-bond acceptors (Lipinski definition) is 9. The maximum atomic E-state index is 15.3. The second-order valence-corrected chi connectivity index (χ2v) is 9.20. The number of anilines is 2. The highest BCUT2D eigenvalue weighted by atomic mass is 35.5. The van der Waals surface area contributed by atoms with Crippen molar-refractivity contribution in [2.45, 2.75) is 5.54 Å². The second kappa shape index (κ2) is 10.0. The molecule has 36 heavy (non-hydrogen) atoms. The van der Waals surface area contributed by atoms with Gasteiger partial charge in [-0.1, -0.05) is 11.8 Å². The lowest BCUT2D eigenvalue weighted by molar-refractivity contribution is 0.102. The van der Waals surface area contributed by atoms with E-state index in [1.54, 1.807) is 6.07 Å². The highest BCUT2D eigenvalue weighted by molar-refractivity contribution is 8.13. The summed E-state index contributed by atoms with van der Waals surface area (Å²) < 4.78 is 28.6. The molecule has 4 heterocycles. The lowest BCUT2D eigenvalue weighted by Gasteiger charge is -2.35. The molecule has 9 nitrogen and oxygen atoms in total. The Labute approximate surface area is 215 Å². The van der Waals surface area contributed by atoms with Crippen LogP contribution in [0.2, 0.25) is 0 Å². The highest BCUT2D eigenvalue weighted by Crippen LogP contribution is 2.47. The number of benzene rings is 1. The predicted molar refractivity (Wildman–Crippen MR) is 134 cm³/mol. The van der Waals surface area contributed by atoms with Crippen LogP contribution in [0, 0.1) is 28.9 Å². The van der Waals surface area contributed by atoms with Crippen molar-refractivity contribution in [1.29, 1.82) is 5.26 Å². The van der Waals surface area contributed by atoms with Gasteiger partial charge in [0, 0.05) is 35.7 Å². The Balaban J connectivity index is 0.00000304. The van der Waals surface area contributed by atoms with E-state index >= 15 is 4.39 Å². The molecule has 1 amide bonds. The van der Waals surface area contributed by atoms with Gasteiger partial charge in [0.05, 0.1) is 24.5 Å². The Morgan fingerprint density at radius 2 is 1.97 bits per heavy atom. The van der Waals surface area contributed by atoms with E-state index in [1.165, 1.54) is 42.2 Å². The molecule has 0 aliphatic carbocycles. The van der Waals surface area contributed by atoms with Crippen molar-refractivity contribution in [2.24, 2.45) is 16.6 Å². The van der Waals surface area contributed by atoms with Crippen LogP contribution in [0.25, 0.3) is 0 Å². The lowest BCUT2D eigenvalue weighted by atomic mass is 9.81. The fraction of sp³-hybridized carbons (Fsp3) is 0.217. The van der Waals surface area contributed by atoms with Crippen LogP contribution in [0.3, 0.4) is 0 Å². The minimum absolute atomic E-state index is 0. The predicted octanol–water partition coefficient (Wildman–Crippen LogP) is 3.09. The third kappa shape index (κ3) is 4.67. The molecule has 2 aromatic heterocycles. The SMILES string of the molecule is Cl.N#Cc1ccc(C(=O)Nc2ccc(F)c(C34CN(c5ncc(F)cn5)C[C@H]3CSC(N)=N4)c2)nc1. The minimum atomic E-state index is -1.04. The van der Waals surface area contributed by atoms with Crippen molar-refractivity contribution in [1.82, 2.24) is 15.0 Å². The van der Waals surface area contributed by atoms with E-state index < -0.39 is 23.1 Å². The third-order valence-electron chi connectivity index (χ3n) is 6.00. The zero-order valence-electron chi connectivity index (χ0n) is 18.6. The number of aliphatic imine (C=N–C) groups is 1. The summed E-state index contributed by atoms with van der Waals surface area (Å²) in [6, 6.07) is 9.14. The normalized spacial score (nSPS) is 20.5. The standard InChI is InChI=1S/C23H18F2N8OS.ClH/c24-15-8-29-22(30-9-15)33-10-14-11-35-21(27)32-23(14,12-33)17-5-16(2-3-18(17)25)31-20(34)19-4-1-13(6-26)7-28-19;/h1-5,7-9,14H,10-12H2,(H2,27,32)(H,31,34);1H/t14-,23?;/m0./s1. The average Bonchev–Trinajstić information content (AvgIpc) is 3.25. The van der Waals surface area contributed by atoms with E-state index in [0.29, 0.717) is 34.7 Å². The van der Waals surface area contributed by atoms with Gasteiger partial charge in [-0.2, -0.15) is 5.26 Å². The largest absolute Gasteiger partial charge is 0.379 e. The van der Waals surface area contributed by atoms with Gasteiger partial charge in [0.2, 0.25) is 5.95 Å². The van der Waals surface area contributed by atoms with E-state index in [1.807, 2.05) is 11.0 Å². The lowest BCUT2D eigenvalue weighted by Crippen LogP contribution is -2.40. The van der Waals surface area contributed by atoms with Gasteiger partial charge in [-0.05, 0) is 30.3 Å². The van der Waals surface area contributed by atoms with Gasteiger partial charge >= 0.3 is 0 Å². The topological polar surface area (TPSA) is 133 Å². The number of aromatic nitrogens is 3. The molecular formula is C23H19ClF2N8OS. The van der Waals surface area contributed by atoms with Crippen LogP contribution in [0.15, 0.2) is 53.9 Å². The summed E-state index contributed by atoms with van der Waals surface area (Å²) in [5.74, 6) is -0.766. The van der Waals surface area contributed by atoms with Gasteiger partial charge in [0.25, 0.3) is 5.91 Å². The number of pyridine rings is 1. The van der Waals surface area contributed by atoms with Crippen LogP contribution in [0.4, 0.5) is 20.4 Å². The summed E-state index contributed by atoms with van der Waals surface area (Å²) >= 11 is 1.39. The second-order valence-electron chi connectivity index (χ2n) is 8.16. The van der Waals surface area contributed by atoms with Crippen molar-refractivity contribution >= 4 is 46.9 Å². The summed E-state index contributed by atoms with van der Waals surface area (Å²) in [6.45, 7) is 0.705. The molecule has 2 atom stereocenters. The first-order valence-electron chi connectivity index (χ1n) is 10.6. The maximum absolute atomic E-state index is 15.3. The Morgan fingerprint density at radius 3 is 2.67 bits per heavy atom. The van der Waals surface area contributed by atoms with Crippen LogP contribution in [0.1, 0.15) is 21.6 Å². The van der Waals surface area contributed by atoms with Crippen molar-refractivity contribution in [3.8, 4) is 6.07 Å². The van der Waals surface area contributed by atoms with Gasteiger partial charge in [-0.3, -0.25) is 4.79 Å². The Hall–Kier alpha value is -3.82. The van der Waals surface area contributed by atoms with Crippen molar-refractivity contribution in [3.63, 3.8) is 0 Å². The minimum Gasteiger partial charge on any atom is -0.379 e. The van der Waals surface area contributed by atoms with E-state index in [2.05, 4.69) is 25.3 Å². The smallest absolute Gasteiger partial charge is 0.274 e. The fourth-order valence-corrected chi connectivity index (χ4v) is 5.32. The molecule has 1 aromatic carbocycles. The summed E-state index contributed by atoms with van der Waals surface area (Å²) in [6.07, 6.45) is 3.46. The molecular weight excluding hydrogens is 510 g/mol. The maximum Gasteiger partial charge on any atom is 0.274 e. The van der Waals surface area contributed by atoms with E-state index in [-0.39, 0.29) is 36.1 Å². The first kappa shape index (κ1) is 25.3. The highest BCUT2D eigenvalue weighted by Gasteiger charge is 2.52. The Kier molecular flexibility index (Phi) is 7.05. The van der Waals surface area contributed by atoms with Gasteiger partial charge in [-0.15, -0.1) is 12.4 Å².